The molecule has 0 N–H and O–H groups in total. The molecule has 7 aromatic carbocycles. The second-order valence-electron chi connectivity index (χ2n) is 13.2. The third-order valence-corrected chi connectivity index (χ3v) is 10.1. The zero-order chi connectivity index (χ0) is 35.1. The van der Waals surface area contributed by atoms with Crippen molar-refractivity contribution < 1.29 is 0 Å². The van der Waals surface area contributed by atoms with E-state index in [9.17, 15) is 0 Å². The molecule has 3 heterocycles. The minimum Gasteiger partial charge on any atom is -0.292 e. The molecule has 0 saturated heterocycles. The van der Waals surface area contributed by atoms with Crippen LogP contribution in [0.15, 0.2) is 194 Å². The third kappa shape index (κ3) is 5.36. The maximum atomic E-state index is 5.18. The van der Waals surface area contributed by atoms with E-state index in [0.717, 1.165) is 94.4 Å². The van der Waals surface area contributed by atoms with E-state index in [0.29, 0.717) is 0 Å². The van der Waals surface area contributed by atoms with Crippen molar-refractivity contribution >= 4 is 32.6 Å². The summed E-state index contributed by atoms with van der Waals surface area (Å²) >= 11 is 0. The van der Waals surface area contributed by atoms with Gasteiger partial charge >= 0.3 is 0 Å². The number of imidazole rings is 1. The van der Waals surface area contributed by atoms with Crippen molar-refractivity contribution in [1.82, 2.24) is 19.5 Å². The number of para-hydroxylation sites is 1. The maximum absolute atomic E-state index is 5.18. The summed E-state index contributed by atoms with van der Waals surface area (Å²) in [6.07, 6.45) is 3.74. The van der Waals surface area contributed by atoms with E-state index in [-0.39, 0.29) is 0 Å². The predicted molar refractivity (Wildman–Crippen MR) is 219 cm³/mol. The quantitative estimate of drug-likeness (QED) is 0.165. The van der Waals surface area contributed by atoms with E-state index in [2.05, 4.69) is 162 Å². The van der Waals surface area contributed by atoms with Crippen LogP contribution in [0.5, 0.6) is 0 Å². The van der Waals surface area contributed by atoms with Gasteiger partial charge in [-0.3, -0.25) is 14.5 Å². The Balaban J connectivity index is 1.09. The number of hydrogen-bond donors (Lipinski definition) is 0. The normalized spacial score (nSPS) is 11.4. The number of rotatable bonds is 6. The molecule has 0 saturated carbocycles. The van der Waals surface area contributed by atoms with Crippen molar-refractivity contribution in [2.45, 2.75) is 0 Å². The smallest absolute Gasteiger partial charge is 0.145 e. The summed E-state index contributed by atoms with van der Waals surface area (Å²) in [5.41, 5.74) is 13.0. The number of fused-ring (bicyclic) bond motifs is 3. The Bertz CT molecular complexity index is 2900. The average Bonchev–Trinajstić information content (AvgIpc) is 3.63. The minimum absolute atomic E-state index is 0.930. The molecule has 0 bridgehead atoms. The van der Waals surface area contributed by atoms with Crippen LogP contribution in [-0.4, -0.2) is 19.5 Å². The summed E-state index contributed by atoms with van der Waals surface area (Å²) in [7, 11) is 0. The van der Waals surface area contributed by atoms with Gasteiger partial charge in [-0.25, -0.2) is 4.98 Å². The van der Waals surface area contributed by atoms with Crippen LogP contribution in [0.2, 0.25) is 0 Å². The first-order valence-electron chi connectivity index (χ1n) is 17.9. The van der Waals surface area contributed by atoms with Gasteiger partial charge in [0.2, 0.25) is 0 Å². The van der Waals surface area contributed by atoms with Crippen molar-refractivity contribution in [2.75, 3.05) is 0 Å². The first-order valence-corrected chi connectivity index (χ1v) is 17.9. The molecule has 0 amide bonds. The molecule has 0 aliphatic heterocycles. The van der Waals surface area contributed by atoms with Gasteiger partial charge in [-0.15, -0.1) is 0 Å². The van der Waals surface area contributed by atoms with Crippen LogP contribution in [0.1, 0.15) is 0 Å². The van der Waals surface area contributed by atoms with E-state index < -0.39 is 0 Å². The molecule has 10 rings (SSSR count). The van der Waals surface area contributed by atoms with Gasteiger partial charge in [-0.05, 0) is 98.4 Å². The number of benzene rings is 7. The summed E-state index contributed by atoms with van der Waals surface area (Å²) in [4.78, 5) is 14.8. The average molecular weight is 677 g/mol. The van der Waals surface area contributed by atoms with Gasteiger partial charge in [0, 0.05) is 34.8 Å². The second-order valence-corrected chi connectivity index (χ2v) is 13.2. The lowest BCUT2D eigenvalue weighted by Gasteiger charge is -2.17. The lowest BCUT2D eigenvalue weighted by atomic mass is 9.87. The Morgan fingerprint density at radius 2 is 0.868 bits per heavy atom. The predicted octanol–water partition coefficient (Wildman–Crippen LogP) is 12.5. The fraction of sp³-hybridized carbons (Fsp3) is 0. The van der Waals surface area contributed by atoms with Crippen LogP contribution in [0.3, 0.4) is 0 Å². The van der Waals surface area contributed by atoms with E-state index in [1.165, 1.54) is 0 Å². The van der Waals surface area contributed by atoms with Crippen LogP contribution in [0.25, 0.3) is 94.4 Å². The van der Waals surface area contributed by atoms with Crippen LogP contribution < -0.4 is 0 Å². The number of pyridine rings is 2. The Labute approximate surface area is 307 Å². The summed E-state index contributed by atoms with van der Waals surface area (Å²) in [6, 6.07) is 64.0. The molecule has 0 atom stereocenters. The zero-order valence-electron chi connectivity index (χ0n) is 28.8. The Hall–Kier alpha value is -7.17. The van der Waals surface area contributed by atoms with Crippen molar-refractivity contribution in [3.05, 3.63) is 194 Å². The molecule has 0 spiro atoms. The van der Waals surface area contributed by atoms with Gasteiger partial charge in [-0.2, -0.15) is 0 Å². The third-order valence-electron chi connectivity index (χ3n) is 10.1. The van der Waals surface area contributed by atoms with E-state index in [1.807, 2.05) is 36.7 Å². The molecule has 0 radical (unpaired) electrons. The summed E-state index contributed by atoms with van der Waals surface area (Å²) in [6.45, 7) is 0. The molecule has 0 unspecified atom stereocenters. The number of hydrogen-bond acceptors (Lipinski definition) is 3. The molecule has 0 aliphatic rings. The lowest BCUT2D eigenvalue weighted by Crippen LogP contribution is -1.97. The van der Waals surface area contributed by atoms with Crippen LogP contribution in [0.4, 0.5) is 0 Å². The van der Waals surface area contributed by atoms with Gasteiger partial charge in [-0.1, -0.05) is 127 Å². The van der Waals surface area contributed by atoms with Crippen LogP contribution in [-0.2, 0) is 0 Å². The van der Waals surface area contributed by atoms with Crippen LogP contribution in [0, 0.1) is 0 Å². The van der Waals surface area contributed by atoms with E-state index in [4.69, 9.17) is 15.0 Å². The largest absolute Gasteiger partial charge is 0.292 e. The minimum atomic E-state index is 0.930. The summed E-state index contributed by atoms with van der Waals surface area (Å²) < 4.78 is 2.25. The van der Waals surface area contributed by atoms with Gasteiger partial charge in [0.05, 0.1) is 22.4 Å². The fourth-order valence-electron chi connectivity index (χ4n) is 7.67. The van der Waals surface area contributed by atoms with Crippen molar-refractivity contribution in [2.24, 2.45) is 0 Å². The monoisotopic (exact) mass is 676 g/mol. The first kappa shape index (κ1) is 30.6. The van der Waals surface area contributed by atoms with Gasteiger partial charge in [0.1, 0.15) is 5.82 Å². The summed E-state index contributed by atoms with van der Waals surface area (Å²) in [5, 5.41) is 4.63. The molecule has 3 aromatic heterocycles. The highest BCUT2D eigenvalue weighted by molar-refractivity contribution is 6.21. The molecule has 4 heteroatoms. The topological polar surface area (TPSA) is 43.6 Å². The lowest BCUT2D eigenvalue weighted by molar-refractivity contribution is 1.10. The van der Waals surface area contributed by atoms with Crippen LogP contribution >= 0.6 is 0 Å². The Morgan fingerprint density at radius 3 is 1.49 bits per heavy atom. The van der Waals surface area contributed by atoms with Crippen molar-refractivity contribution in [3.63, 3.8) is 0 Å². The highest BCUT2D eigenvalue weighted by Crippen LogP contribution is 2.44. The molecule has 248 valence electrons. The van der Waals surface area contributed by atoms with Gasteiger partial charge in [0.25, 0.3) is 0 Å². The number of aromatic nitrogens is 4. The molecular weight excluding hydrogens is 645 g/mol. The van der Waals surface area contributed by atoms with E-state index >= 15 is 0 Å². The second kappa shape index (κ2) is 12.9. The van der Waals surface area contributed by atoms with Gasteiger partial charge in [0.15, 0.2) is 0 Å². The first-order chi connectivity index (χ1) is 26.3. The SMILES string of the molecule is c1ccc(-c2nc3cc(-c4ccc(-c5ccc6c(-c7ccccn7)c7ccccc7c(-c7ccccn7)c6c5)cc4)ccc3n2-c2ccccc2)cc1. The van der Waals surface area contributed by atoms with Crippen molar-refractivity contribution in [1.29, 1.82) is 0 Å². The van der Waals surface area contributed by atoms with E-state index in [1.54, 1.807) is 0 Å². The standard InChI is InChI=1S/C49H32N4/c1-3-13-35(14-4-1)49-52-45-32-37(26-28-46(45)53(49)38-15-5-2-6-16-38)34-23-21-33(22-24-34)36-25-27-41-42(31-36)48(44-20-10-12-30-51-44)40-18-8-7-17-39(40)47(41)43-19-9-11-29-50-43/h1-32H. The molecular formula is C49H32N4. The Kier molecular flexibility index (Phi) is 7.43. The highest BCUT2D eigenvalue weighted by atomic mass is 15.1. The molecule has 10 aromatic rings. The highest BCUT2D eigenvalue weighted by Gasteiger charge is 2.19. The summed E-state index contributed by atoms with van der Waals surface area (Å²) in [5.74, 6) is 0.930. The fourth-order valence-corrected chi connectivity index (χ4v) is 7.67. The van der Waals surface area contributed by atoms with Gasteiger partial charge < -0.3 is 0 Å². The Morgan fingerprint density at radius 1 is 0.358 bits per heavy atom. The zero-order valence-corrected chi connectivity index (χ0v) is 28.8. The molecule has 4 nitrogen and oxygen atoms in total. The molecule has 0 aliphatic carbocycles. The number of nitrogens with zero attached hydrogens (tertiary/aromatic N) is 4. The van der Waals surface area contributed by atoms with Crippen molar-refractivity contribution in [3.8, 4) is 61.8 Å². The molecule has 0 fully saturated rings. The maximum Gasteiger partial charge on any atom is 0.145 e. The molecule has 53 heavy (non-hydrogen) atoms.